The first kappa shape index (κ1) is 18.9. The van der Waals surface area contributed by atoms with E-state index in [0.29, 0.717) is 12.2 Å². The highest BCUT2D eigenvalue weighted by molar-refractivity contribution is 6.32. The van der Waals surface area contributed by atoms with Crippen LogP contribution in [0.2, 0.25) is 5.02 Å². The quantitative estimate of drug-likeness (QED) is 0.836. The molecule has 7 heteroatoms. The number of halogens is 1. The maximum Gasteiger partial charge on any atom is 0.287 e. The number of anilines is 1. The van der Waals surface area contributed by atoms with Crippen LogP contribution in [0, 0.1) is 0 Å². The average molecular weight is 376 g/mol. The van der Waals surface area contributed by atoms with E-state index >= 15 is 0 Å². The topological polar surface area (TPSA) is 53.4 Å². The number of piperazine rings is 1. The van der Waals surface area contributed by atoms with Crippen molar-refractivity contribution in [3.63, 3.8) is 0 Å². The summed E-state index contributed by atoms with van der Waals surface area (Å²) in [5.74, 6) is 0. The molecule has 0 bridgehead atoms. The van der Waals surface area contributed by atoms with Gasteiger partial charge in [0.25, 0.3) is 5.56 Å². The van der Waals surface area contributed by atoms with E-state index in [4.69, 9.17) is 11.6 Å². The summed E-state index contributed by atoms with van der Waals surface area (Å²) in [6, 6.07) is 9.94. The van der Waals surface area contributed by atoms with Crippen molar-refractivity contribution in [3.05, 3.63) is 57.5 Å². The van der Waals surface area contributed by atoms with Gasteiger partial charge in [-0.3, -0.25) is 9.69 Å². The second-order valence-corrected chi connectivity index (χ2v) is 7.35. The first-order valence-corrected chi connectivity index (χ1v) is 9.37. The van der Waals surface area contributed by atoms with Crippen LogP contribution in [0.1, 0.15) is 12.5 Å². The minimum absolute atomic E-state index is 0.182. The Bertz CT molecular complexity index is 771. The lowest BCUT2D eigenvalue weighted by Crippen LogP contribution is -2.47. The molecule has 1 aromatic heterocycles. The molecule has 3 rings (SSSR count). The summed E-state index contributed by atoms with van der Waals surface area (Å²) in [5, 5.41) is 7.81. The highest BCUT2D eigenvalue weighted by atomic mass is 35.5. The Labute approximate surface area is 159 Å². The molecule has 1 aromatic carbocycles. The summed E-state index contributed by atoms with van der Waals surface area (Å²) in [5.41, 5.74) is 1.34. The van der Waals surface area contributed by atoms with Crippen LogP contribution < -0.4 is 10.9 Å². The fourth-order valence-corrected chi connectivity index (χ4v) is 3.36. The number of hydrogen-bond donors (Lipinski definition) is 1. The van der Waals surface area contributed by atoms with E-state index in [1.807, 2.05) is 30.3 Å². The van der Waals surface area contributed by atoms with Gasteiger partial charge in [0.15, 0.2) is 0 Å². The highest BCUT2D eigenvalue weighted by Gasteiger charge is 2.17. The number of aromatic nitrogens is 2. The summed E-state index contributed by atoms with van der Waals surface area (Å²) in [7, 11) is 2.15. The van der Waals surface area contributed by atoms with Crippen molar-refractivity contribution in [1.29, 1.82) is 0 Å². The zero-order valence-corrected chi connectivity index (χ0v) is 16.1. The number of benzene rings is 1. The van der Waals surface area contributed by atoms with E-state index < -0.39 is 0 Å². The van der Waals surface area contributed by atoms with Gasteiger partial charge in [-0.1, -0.05) is 41.9 Å². The molecule has 2 aromatic rings. The second kappa shape index (κ2) is 8.66. The first-order chi connectivity index (χ1) is 12.5. The summed E-state index contributed by atoms with van der Waals surface area (Å²) in [6.45, 7) is 7.73. The van der Waals surface area contributed by atoms with Gasteiger partial charge in [0.2, 0.25) is 0 Å². The molecule has 0 saturated carbocycles. The molecule has 0 amide bonds. The van der Waals surface area contributed by atoms with Crippen LogP contribution in [-0.2, 0) is 6.54 Å². The van der Waals surface area contributed by atoms with Crippen LogP contribution >= 0.6 is 11.6 Å². The van der Waals surface area contributed by atoms with Crippen molar-refractivity contribution in [2.75, 3.05) is 45.1 Å². The molecule has 26 heavy (non-hydrogen) atoms. The number of likely N-dealkylation sites (N-methyl/N-ethyl adjacent to an activating group) is 1. The van der Waals surface area contributed by atoms with E-state index in [2.05, 4.69) is 34.2 Å². The molecular formula is C19H26ClN5O. The van der Waals surface area contributed by atoms with Crippen molar-refractivity contribution in [2.45, 2.75) is 19.5 Å². The molecule has 1 N–H and O–H groups in total. The third kappa shape index (κ3) is 4.84. The van der Waals surface area contributed by atoms with Crippen molar-refractivity contribution in [1.82, 2.24) is 19.6 Å². The fraction of sp³-hybridized carbons (Fsp3) is 0.474. The minimum atomic E-state index is -0.271. The highest BCUT2D eigenvalue weighted by Crippen LogP contribution is 2.17. The zero-order valence-electron chi connectivity index (χ0n) is 15.4. The first-order valence-electron chi connectivity index (χ1n) is 9.00. The molecule has 140 valence electrons. The molecule has 1 aliphatic rings. The maximum absolute atomic E-state index is 12.5. The smallest absolute Gasteiger partial charge is 0.287 e. The molecule has 1 aliphatic heterocycles. The Hall–Kier alpha value is -1.89. The molecule has 0 aliphatic carbocycles. The lowest BCUT2D eigenvalue weighted by Gasteiger charge is -2.34. The average Bonchev–Trinajstić information content (AvgIpc) is 2.64. The van der Waals surface area contributed by atoms with E-state index in [0.717, 1.165) is 38.3 Å². The molecule has 1 unspecified atom stereocenters. The summed E-state index contributed by atoms with van der Waals surface area (Å²) in [6.07, 6.45) is 1.65. The summed E-state index contributed by atoms with van der Waals surface area (Å²) < 4.78 is 1.40. The zero-order chi connectivity index (χ0) is 18.5. The van der Waals surface area contributed by atoms with Gasteiger partial charge in [0.1, 0.15) is 5.02 Å². The molecule has 0 spiro atoms. The van der Waals surface area contributed by atoms with Crippen LogP contribution in [0.3, 0.4) is 0 Å². The molecule has 2 heterocycles. The van der Waals surface area contributed by atoms with Crippen LogP contribution in [0.15, 0.2) is 41.3 Å². The Morgan fingerprint density at radius 2 is 1.88 bits per heavy atom. The van der Waals surface area contributed by atoms with E-state index in [1.165, 1.54) is 4.68 Å². The molecule has 0 radical (unpaired) electrons. The van der Waals surface area contributed by atoms with Gasteiger partial charge in [-0.25, -0.2) is 4.68 Å². The lowest BCUT2D eigenvalue weighted by molar-refractivity contribution is 0.151. The van der Waals surface area contributed by atoms with Crippen LogP contribution in [-0.4, -0.2) is 65.4 Å². The third-order valence-electron chi connectivity index (χ3n) is 4.69. The number of nitrogens with zero attached hydrogens (tertiary/aromatic N) is 4. The van der Waals surface area contributed by atoms with E-state index in [9.17, 15) is 4.79 Å². The Kier molecular flexibility index (Phi) is 6.29. The maximum atomic E-state index is 12.5. The third-order valence-corrected chi connectivity index (χ3v) is 5.06. The van der Waals surface area contributed by atoms with Crippen molar-refractivity contribution < 1.29 is 0 Å². The monoisotopic (exact) mass is 375 g/mol. The SMILES string of the molecule is CC(CN1CCN(C)CC1)Nc1cnn(Cc2ccccc2)c(=O)c1Cl. The number of nitrogens with one attached hydrogen (secondary N) is 1. The van der Waals surface area contributed by atoms with Crippen molar-refractivity contribution >= 4 is 17.3 Å². The molecule has 1 fully saturated rings. The van der Waals surface area contributed by atoms with E-state index in [1.54, 1.807) is 6.20 Å². The van der Waals surface area contributed by atoms with Gasteiger partial charge >= 0.3 is 0 Å². The van der Waals surface area contributed by atoms with Crippen LogP contribution in [0.5, 0.6) is 0 Å². The number of hydrogen-bond acceptors (Lipinski definition) is 5. The molecule has 6 nitrogen and oxygen atoms in total. The largest absolute Gasteiger partial charge is 0.379 e. The standard InChI is InChI=1S/C19H26ClN5O/c1-15(13-24-10-8-23(2)9-11-24)22-17-12-21-25(19(26)18(17)20)14-16-6-4-3-5-7-16/h3-7,12,15,22H,8-11,13-14H2,1-2H3. The van der Waals surface area contributed by atoms with Crippen LogP contribution in [0.25, 0.3) is 0 Å². The lowest BCUT2D eigenvalue weighted by atomic mass is 10.2. The number of rotatable bonds is 6. The van der Waals surface area contributed by atoms with E-state index in [-0.39, 0.29) is 16.6 Å². The predicted molar refractivity (Wildman–Crippen MR) is 106 cm³/mol. The Morgan fingerprint density at radius 1 is 1.19 bits per heavy atom. The summed E-state index contributed by atoms with van der Waals surface area (Å²) in [4.78, 5) is 17.3. The second-order valence-electron chi connectivity index (χ2n) is 6.97. The normalized spacial score (nSPS) is 17.2. The Balaban J connectivity index is 1.63. The predicted octanol–water partition coefficient (Wildman–Crippen LogP) is 1.99. The van der Waals surface area contributed by atoms with Crippen LogP contribution in [0.4, 0.5) is 5.69 Å². The Morgan fingerprint density at radius 3 is 2.58 bits per heavy atom. The van der Waals surface area contributed by atoms with Gasteiger partial charge in [0.05, 0.1) is 18.4 Å². The van der Waals surface area contributed by atoms with Gasteiger partial charge in [0, 0.05) is 38.8 Å². The fourth-order valence-electron chi connectivity index (χ4n) is 3.16. The molecule has 1 atom stereocenters. The summed E-state index contributed by atoms with van der Waals surface area (Å²) >= 11 is 6.31. The van der Waals surface area contributed by atoms with Crippen molar-refractivity contribution in [2.24, 2.45) is 0 Å². The molecule has 1 saturated heterocycles. The minimum Gasteiger partial charge on any atom is -0.379 e. The van der Waals surface area contributed by atoms with Gasteiger partial charge < -0.3 is 10.2 Å². The van der Waals surface area contributed by atoms with Gasteiger partial charge in [-0.15, -0.1) is 0 Å². The van der Waals surface area contributed by atoms with Gasteiger partial charge in [-0.05, 0) is 19.5 Å². The molecular weight excluding hydrogens is 350 g/mol. The van der Waals surface area contributed by atoms with Gasteiger partial charge in [-0.2, -0.15) is 5.10 Å². The van der Waals surface area contributed by atoms with Crippen molar-refractivity contribution in [3.8, 4) is 0 Å².